The van der Waals surface area contributed by atoms with Crippen LogP contribution in [0.5, 0.6) is 0 Å². The van der Waals surface area contributed by atoms with Crippen molar-refractivity contribution in [2.75, 3.05) is 6.61 Å². The standard InChI is InChI=1S/C3H6O.C2F4/c1-3-2-4-3;3-1(4)2(5)6/h3H,2H2,1H3;. The van der Waals surface area contributed by atoms with Gasteiger partial charge >= 0.3 is 12.2 Å². The first-order valence-electron chi connectivity index (χ1n) is 2.52. The van der Waals surface area contributed by atoms with Crippen LogP contribution in [-0.2, 0) is 4.74 Å². The number of ether oxygens (including phenoxy) is 1. The monoisotopic (exact) mass is 158 g/mol. The van der Waals surface area contributed by atoms with Crippen molar-refractivity contribution in [1.82, 2.24) is 0 Å². The van der Waals surface area contributed by atoms with Crippen LogP contribution in [-0.4, -0.2) is 12.7 Å². The van der Waals surface area contributed by atoms with Gasteiger partial charge in [-0.1, -0.05) is 0 Å². The summed E-state index contributed by atoms with van der Waals surface area (Å²) in [5.74, 6) is 0. The van der Waals surface area contributed by atoms with Gasteiger partial charge in [0.2, 0.25) is 0 Å². The lowest BCUT2D eigenvalue weighted by atomic mass is 10.6. The van der Waals surface area contributed by atoms with Gasteiger partial charge in [0, 0.05) is 0 Å². The Bertz CT molecular complexity index is 112. The van der Waals surface area contributed by atoms with Crippen LogP contribution in [0.4, 0.5) is 17.6 Å². The first-order valence-corrected chi connectivity index (χ1v) is 2.52. The van der Waals surface area contributed by atoms with E-state index in [1.54, 1.807) is 0 Å². The number of rotatable bonds is 0. The second-order valence-corrected chi connectivity index (χ2v) is 1.66. The fourth-order valence-corrected chi connectivity index (χ4v) is 0.0962. The first-order chi connectivity index (χ1) is 4.54. The molecule has 0 bridgehead atoms. The Hall–Kier alpha value is -0.580. The van der Waals surface area contributed by atoms with E-state index in [0.29, 0.717) is 6.10 Å². The van der Waals surface area contributed by atoms with E-state index < -0.39 is 12.2 Å². The number of halogens is 4. The van der Waals surface area contributed by atoms with Crippen molar-refractivity contribution in [3.05, 3.63) is 12.2 Å². The largest absolute Gasteiger partial charge is 0.373 e. The van der Waals surface area contributed by atoms with Crippen molar-refractivity contribution in [2.24, 2.45) is 0 Å². The molecule has 5 heteroatoms. The number of hydrogen-bond acceptors (Lipinski definition) is 1. The lowest BCUT2D eigenvalue weighted by Gasteiger charge is -1.69. The number of epoxide rings is 1. The van der Waals surface area contributed by atoms with Gasteiger partial charge in [-0.15, -0.1) is 0 Å². The van der Waals surface area contributed by atoms with Crippen molar-refractivity contribution >= 4 is 0 Å². The molecule has 0 aromatic rings. The summed E-state index contributed by atoms with van der Waals surface area (Å²) in [5, 5.41) is 0. The Morgan fingerprint density at radius 2 is 1.40 bits per heavy atom. The van der Waals surface area contributed by atoms with E-state index in [9.17, 15) is 17.6 Å². The van der Waals surface area contributed by atoms with Gasteiger partial charge in [-0.05, 0) is 6.92 Å². The van der Waals surface area contributed by atoms with Gasteiger partial charge in [-0.25, -0.2) is 0 Å². The van der Waals surface area contributed by atoms with Crippen molar-refractivity contribution in [3.8, 4) is 0 Å². The molecule has 1 atom stereocenters. The molecule has 0 N–H and O–H groups in total. The van der Waals surface area contributed by atoms with Gasteiger partial charge in [0.05, 0.1) is 12.7 Å². The summed E-state index contributed by atoms with van der Waals surface area (Å²) in [6, 6.07) is 0. The Morgan fingerprint density at radius 1 is 1.20 bits per heavy atom. The molecule has 1 aliphatic rings. The van der Waals surface area contributed by atoms with Gasteiger partial charge in [-0.3, -0.25) is 0 Å². The SMILES string of the molecule is CC1CO1.FC(F)=C(F)F. The zero-order valence-corrected chi connectivity index (χ0v) is 5.20. The molecule has 60 valence electrons. The quantitative estimate of drug-likeness (QED) is 0.389. The molecular formula is C5H6F4O. The van der Waals surface area contributed by atoms with Crippen LogP contribution in [0.25, 0.3) is 0 Å². The highest BCUT2D eigenvalue weighted by Gasteiger charge is 2.13. The molecular weight excluding hydrogens is 152 g/mol. The maximum absolute atomic E-state index is 10.3. The van der Waals surface area contributed by atoms with E-state index in [2.05, 4.69) is 6.92 Å². The highest BCUT2D eigenvalue weighted by atomic mass is 19.3. The van der Waals surface area contributed by atoms with Crippen molar-refractivity contribution < 1.29 is 22.3 Å². The maximum atomic E-state index is 10.3. The summed E-state index contributed by atoms with van der Waals surface area (Å²) in [6.07, 6.45) is -5.23. The van der Waals surface area contributed by atoms with E-state index in [0.717, 1.165) is 6.61 Å². The molecule has 0 radical (unpaired) electrons. The van der Waals surface area contributed by atoms with Gasteiger partial charge in [0.15, 0.2) is 0 Å². The molecule has 10 heavy (non-hydrogen) atoms. The van der Waals surface area contributed by atoms with E-state index in [1.807, 2.05) is 0 Å². The average molecular weight is 158 g/mol. The van der Waals surface area contributed by atoms with E-state index in [4.69, 9.17) is 4.74 Å². The van der Waals surface area contributed by atoms with Crippen molar-refractivity contribution in [2.45, 2.75) is 13.0 Å². The summed E-state index contributed by atoms with van der Waals surface area (Å²) in [5.41, 5.74) is 0. The Labute approximate surface area is 55.3 Å². The Kier molecular flexibility index (Phi) is 4.02. The minimum absolute atomic E-state index is 0.583. The molecule has 1 rings (SSSR count). The van der Waals surface area contributed by atoms with Crippen LogP contribution in [0.15, 0.2) is 12.2 Å². The van der Waals surface area contributed by atoms with Crippen LogP contribution in [0.1, 0.15) is 6.92 Å². The van der Waals surface area contributed by atoms with E-state index in [1.165, 1.54) is 0 Å². The van der Waals surface area contributed by atoms with Crippen LogP contribution < -0.4 is 0 Å². The normalized spacial score (nSPS) is 20.7. The van der Waals surface area contributed by atoms with Crippen LogP contribution in [0.2, 0.25) is 0 Å². The lowest BCUT2D eigenvalue weighted by molar-refractivity contribution is 0.308. The minimum atomic E-state index is -2.91. The third-order valence-electron chi connectivity index (χ3n) is 0.643. The summed E-state index contributed by atoms with van der Waals surface area (Å²) < 4.78 is 45.9. The highest BCUT2D eigenvalue weighted by Crippen LogP contribution is 2.08. The smallest absolute Gasteiger partial charge is 0.334 e. The third-order valence-corrected chi connectivity index (χ3v) is 0.643. The fourth-order valence-electron chi connectivity index (χ4n) is 0.0962. The Balaban J connectivity index is 0.000000172. The third kappa shape index (κ3) is 7.42. The summed E-state index contributed by atoms with van der Waals surface area (Å²) >= 11 is 0. The molecule has 1 unspecified atom stereocenters. The zero-order valence-electron chi connectivity index (χ0n) is 5.20. The van der Waals surface area contributed by atoms with Crippen LogP contribution in [0, 0.1) is 0 Å². The molecule has 1 aliphatic heterocycles. The molecule has 0 spiro atoms. The van der Waals surface area contributed by atoms with Crippen LogP contribution >= 0.6 is 0 Å². The zero-order chi connectivity index (χ0) is 8.15. The van der Waals surface area contributed by atoms with E-state index in [-0.39, 0.29) is 0 Å². The second kappa shape index (κ2) is 4.27. The molecule has 0 aromatic carbocycles. The Morgan fingerprint density at radius 3 is 1.40 bits per heavy atom. The maximum Gasteiger partial charge on any atom is 0.334 e. The predicted molar refractivity (Wildman–Crippen MR) is 26.9 cm³/mol. The van der Waals surface area contributed by atoms with Gasteiger partial charge in [0.25, 0.3) is 0 Å². The summed E-state index contributed by atoms with van der Waals surface area (Å²) in [4.78, 5) is 0. The molecule has 1 saturated heterocycles. The molecule has 0 aliphatic carbocycles. The van der Waals surface area contributed by atoms with Gasteiger partial charge in [-0.2, -0.15) is 17.6 Å². The molecule has 0 aromatic heterocycles. The van der Waals surface area contributed by atoms with E-state index >= 15 is 0 Å². The molecule has 0 saturated carbocycles. The molecule has 1 fully saturated rings. The summed E-state index contributed by atoms with van der Waals surface area (Å²) in [7, 11) is 0. The van der Waals surface area contributed by atoms with Crippen molar-refractivity contribution in [1.29, 1.82) is 0 Å². The number of hydrogen-bond donors (Lipinski definition) is 0. The van der Waals surface area contributed by atoms with Gasteiger partial charge in [0.1, 0.15) is 0 Å². The average Bonchev–Trinajstić information content (AvgIpc) is 2.52. The predicted octanol–water partition coefficient (Wildman–Crippen LogP) is 2.40. The molecule has 1 heterocycles. The second-order valence-electron chi connectivity index (χ2n) is 1.66. The van der Waals surface area contributed by atoms with Gasteiger partial charge < -0.3 is 4.74 Å². The molecule has 0 amide bonds. The highest BCUT2D eigenvalue weighted by molar-refractivity contribution is 4.77. The molecule has 1 nitrogen and oxygen atoms in total. The van der Waals surface area contributed by atoms with Crippen LogP contribution in [0.3, 0.4) is 0 Å². The minimum Gasteiger partial charge on any atom is -0.373 e. The summed E-state index contributed by atoms with van der Waals surface area (Å²) in [6.45, 7) is 3.04. The first kappa shape index (κ1) is 9.42. The van der Waals surface area contributed by atoms with Crippen molar-refractivity contribution in [3.63, 3.8) is 0 Å². The fraction of sp³-hybridized carbons (Fsp3) is 0.600. The topological polar surface area (TPSA) is 12.5 Å². The lowest BCUT2D eigenvalue weighted by Crippen LogP contribution is -1.60.